The summed E-state index contributed by atoms with van der Waals surface area (Å²) in [4.78, 5) is 28.6. The van der Waals surface area contributed by atoms with Crippen molar-refractivity contribution >= 4 is 32.3 Å². The zero-order chi connectivity index (χ0) is 22.9. The molecule has 1 aromatic heterocycles. The van der Waals surface area contributed by atoms with Crippen molar-refractivity contribution in [2.24, 2.45) is 0 Å². The Hall–Kier alpha value is -3.17. The van der Waals surface area contributed by atoms with Crippen molar-refractivity contribution in [2.75, 3.05) is 44.6 Å². The van der Waals surface area contributed by atoms with E-state index >= 15 is 0 Å². The van der Waals surface area contributed by atoms with Crippen molar-refractivity contribution in [1.82, 2.24) is 4.57 Å². The van der Waals surface area contributed by atoms with E-state index in [-0.39, 0.29) is 22.7 Å². The lowest BCUT2D eigenvalue weighted by Gasteiger charge is -2.32. The van der Waals surface area contributed by atoms with Crippen LogP contribution in [0.1, 0.15) is 16.1 Å². The van der Waals surface area contributed by atoms with E-state index in [1.807, 2.05) is 17.0 Å². The minimum absolute atomic E-state index is 0.0927. The van der Waals surface area contributed by atoms with Crippen LogP contribution in [0.2, 0.25) is 0 Å². The van der Waals surface area contributed by atoms with Crippen molar-refractivity contribution in [1.29, 1.82) is 0 Å². The molecule has 0 radical (unpaired) electrons. The van der Waals surface area contributed by atoms with Crippen LogP contribution in [0.4, 0.5) is 5.69 Å². The summed E-state index contributed by atoms with van der Waals surface area (Å²) in [5.74, 6) is -0.609. The molecule has 1 aliphatic rings. The molecule has 1 fully saturated rings. The van der Waals surface area contributed by atoms with E-state index < -0.39 is 15.8 Å². The van der Waals surface area contributed by atoms with Crippen LogP contribution in [0.15, 0.2) is 58.2 Å². The van der Waals surface area contributed by atoms with E-state index in [2.05, 4.69) is 0 Å². The number of hydrogen-bond donors (Lipinski definition) is 0. The molecule has 0 aliphatic carbocycles. The third-order valence-corrected chi connectivity index (χ3v) is 6.68. The van der Waals surface area contributed by atoms with Crippen LogP contribution >= 0.6 is 0 Å². The highest BCUT2D eigenvalue weighted by Gasteiger charge is 2.27. The van der Waals surface area contributed by atoms with Crippen LogP contribution in [0.25, 0.3) is 10.8 Å². The van der Waals surface area contributed by atoms with Gasteiger partial charge in [-0.2, -0.15) is 0 Å². The molecule has 1 saturated heterocycles. The smallest absolute Gasteiger partial charge is 0.356 e. The molecule has 3 aromatic rings. The maximum absolute atomic E-state index is 13.5. The van der Waals surface area contributed by atoms with Crippen molar-refractivity contribution in [3.63, 3.8) is 0 Å². The lowest BCUT2D eigenvalue weighted by molar-refractivity contribution is 0.0587. The summed E-state index contributed by atoms with van der Waals surface area (Å²) in [7, 11) is -2.05. The highest BCUT2D eigenvalue weighted by molar-refractivity contribution is 7.90. The standard InChI is InChI=1S/C23H24N2O6S/c1-30-23(27)21-20(24-11-13-31-14-12-24)18-5-3-4-6-19(18)22(26)25(21)15-16-7-9-17(10-8-16)32(2,28)29/h3-10H,11-15H2,1-2H3. The summed E-state index contributed by atoms with van der Waals surface area (Å²) >= 11 is 0. The molecule has 8 nitrogen and oxygen atoms in total. The molecule has 9 heteroatoms. The summed E-state index contributed by atoms with van der Waals surface area (Å²) in [6.07, 6.45) is 1.14. The van der Waals surface area contributed by atoms with Crippen LogP contribution in [0, 0.1) is 0 Å². The van der Waals surface area contributed by atoms with Crippen LogP contribution < -0.4 is 10.5 Å². The molecule has 2 aromatic carbocycles. The topological polar surface area (TPSA) is 94.9 Å². The predicted molar refractivity (Wildman–Crippen MR) is 121 cm³/mol. The molecule has 0 saturated carbocycles. The molecule has 0 unspecified atom stereocenters. The number of esters is 1. The summed E-state index contributed by atoms with van der Waals surface area (Å²) in [6, 6.07) is 13.5. The number of rotatable bonds is 5. The summed E-state index contributed by atoms with van der Waals surface area (Å²) in [5.41, 5.74) is 1.19. The Morgan fingerprint density at radius 1 is 1.03 bits per heavy atom. The van der Waals surface area contributed by atoms with Gasteiger partial charge in [-0.25, -0.2) is 13.2 Å². The predicted octanol–water partition coefficient (Wildman–Crippen LogP) is 2.08. The number of anilines is 1. The average Bonchev–Trinajstić information content (AvgIpc) is 2.80. The molecule has 168 valence electrons. The van der Waals surface area contributed by atoms with Crippen molar-refractivity contribution in [3.8, 4) is 0 Å². The van der Waals surface area contributed by atoms with Gasteiger partial charge >= 0.3 is 5.97 Å². The highest BCUT2D eigenvalue weighted by atomic mass is 32.2. The number of aromatic nitrogens is 1. The Bertz CT molecular complexity index is 1320. The van der Waals surface area contributed by atoms with E-state index in [4.69, 9.17) is 9.47 Å². The minimum Gasteiger partial charge on any atom is -0.464 e. The first-order chi connectivity index (χ1) is 15.3. The number of methoxy groups -OCH3 is 1. The van der Waals surface area contributed by atoms with Crippen molar-refractivity contribution in [2.45, 2.75) is 11.4 Å². The first kappa shape index (κ1) is 22.0. The third-order valence-electron chi connectivity index (χ3n) is 5.55. The van der Waals surface area contributed by atoms with Crippen LogP contribution in [0.3, 0.4) is 0 Å². The van der Waals surface area contributed by atoms with Crippen LogP contribution in [-0.4, -0.2) is 58.6 Å². The number of hydrogen-bond acceptors (Lipinski definition) is 7. The van der Waals surface area contributed by atoms with E-state index in [0.717, 1.165) is 6.26 Å². The Morgan fingerprint density at radius 2 is 1.66 bits per heavy atom. The van der Waals surface area contributed by atoms with Gasteiger partial charge in [0.1, 0.15) is 0 Å². The van der Waals surface area contributed by atoms with Gasteiger partial charge in [-0.05, 0) is 23.8 Å². The number of nitrogens with zero attached hydrogens (tertiary/aromatic N) is 2. The second-order valence-corrected chi connectivity index (χ2v) is 9.66. The van der Waals surface area contributed by atoms with E-state index in [1.165, 1.54) is 23.8 Å². The largest absolute Gasteiger partial charge is 0.464 e. The van der Waals surface area contributed by atoms with Gasteiger partial charge in [-0.15, -0.1) is 0 Å². The molecule has 0 N–H and O–H groups in total. The quantitative estimate of drug-likeness (QED) is 0.543. The molecule has 2 heterocycles. The number of pyridine rings is 1. The molecule has 1 aliphatic heterocycles. The molecular weight excluding hydrogens is 432 g/mol. The molecule has 0 atom stereocenters. The molecule has 0 amide bonds. The molecular formula is C23H24N2O6S. The van der Waals surface area contributed by atoms with Gasteiger partial charge in [-0.3, -0.25) is 9.36 Å². The SMILES string of the molecule is COC(=O)c1c(N2CCOCC2)c2ccccc2c(=O)n1Cc1ccc(S(C)(=O)=O)cc1. The maximum atomic E-state index is 13.5. The summed E-state index contributed by atoms with van der Waals surface area (Å²) in [6.45, 7) is 2.28. The number of carbonyl (C=O) groups is 1. The van der Waals surface area contributed by atoms with Gasteiger partial charge in [0.05, 0.1) is 37.5 Å². The molecule has 0 bridgehead atoms. The van der Waals surface area contributed by atoms with E-state index in [9.17, 15) is 18.0 Å². The van der Waals surface area contributed by atoms with Gasteiger partial charge in [0.15, 0.2) is 15.5 Å². The van der Waals surface area contributed by atoms with Gasteiger partial charge in [-0.1, -0.05) is 30.3 Å². The first-order valence-electron chi connectivity index (χ1n) is 10.2. The zero-order valence-corrected chi connectivity index (χ0v) is 18.7. The fraction of sp³-hybridized carbons (Fsp3) is 0.304. The number of benzene rings is 2. The Balaban J connectivity index is 1.94. The van der Waals surface area contributed by atoms with E-state index in [0.29, 0.717) is 48.3 Å². The Labute approximate surface area is 185 Å². The maximum Gasteiger partial charge on any atom is 0.356 e. The van der Waals surface area contributed by atoms with Crippen LogP contribution in [-0.2, 0) is 25.9 Å². The average molecular weight is 457 g/mol. The van der Waals surface area contributed by atoms with Crippen LogP contribution in [0.5, 0.6) is 0 Å². The minimum atomic E-state index is -3.34. The fourth-order valence-electron chi connectivity index (χ4n) is 3.96. The number of carbonyl (C=O) groups excluding carboxylic acids is 1. The Morgan fingerprint density at radius 3 is 2.25 bits per heavy atom. The first-order valence-corrected chi connectivity index (χ1v) is 12.1. The number of morpholine rings is 1. The number of fused-ring (bicyclic) bond motifs is 1. The zero-order valence-electron chi connectivity index (χ0n) is 17.9. The molecule has 4 rings (SSSR count). The normalized spacial score (nSPS) is 14.5. The molecule has 32 heavy (non-hydrogen) atoms. The van der Waals surface area contributed by atoms with Gasteiger partial charge in [0.25, 0.3) is 5.56 Å². The van der Waals surface area contributed by atoms with Gasteiger partial charge in [0.2, 0.25) is 0 Å². The monoisotopic (exact) mass is 456 g/mol. The second kappa shape index (κ2) is 8.76. The Kier molecular flexibility index (Phi) is 6.03. The number of sulfone groups is 1. The fourth-order valence-corrected chi connectivity index (χ4v) is 4.60. The lowest BCUT2D eigenvalue weighted by atomic mass is 10.1. The lowest BCUT2D eigenvalue weighted by Crippen LogP contribution is -2.39. The van der Waals surface area contributed by atoms with E-state index in [1.54, 1.807) is 24.3 Å². The summed E-state index contributed by atoms with van der Waals surface area (Å²) in [5, 5.41) is 1.18. The molecule has 0 spiro atoms. The number of ether oxygens (including phenoxy) is 2. The second-order valence-electron chi connectivity index (χ2n) is 7.64. The van der Waals surface area contributed by atoms with Gasteiger partial charge in [0, 0.05) is 30.1 Å². The summed E-state index contributed by atoms with van der Waals surface area (Å²) < 4.78 is 35.5. The van der Waals surface area contributed by atoms with Crippen molar-refractivity contribution in [3.05, 3.63) is 70.1 Å². The van der Waals surface area contributed by atoms with Gasteiger partial charge < -0.3 is 14.4 Å². The highest BCUT2D eigenvalue weighted by Crippen LogP contribution is 2.31. The third kappa shape index (κ3) is 4.13. The van der Waals surface area contributed by atoms with Crippen molar-refractivity contribution < 1.29 is 22.7 Å².